The van der Waals surface area contributed by atoms with Crippen LogP contribution in [-0.2, 0) is 4.74 Å². The second kappa shape index (κ2) is 5.67. The number of halogens is 3. The zero-order chi connectivity index (χ0) is 12.1. The smallest absolute Gasteiger partial charge is 0.382 e. The van der Waals surface area contributed by atoms with Crippen molar-refractivity contribution in [3.63, 3.8) is 0 Å². The van der Waals surface area contributed by atoms with Crippen molar-refractivity contribution in [1.29, 1.82) is 0 Å². The van der Waals surface area contributed by atoms with E-state index < -0.39 is 24.4 Å². The van der Waals surface area contributed by atoms with Crippen molar-refractivity contribution < 1.29 is 23.0 Å². The highest BCUT2D eigenvalue weighted by molar-refractivity contribution is 4.80. The zero-order valence-electron chi connectivity index (χ0n) is 8.97. The number of nitrogens with two attached hydrogens (primary N) is 1. The molecule has 0 aromatic rings. The van der Waals surface area contributed by atoms with Crippen molar-refractivity contribution in [2.24, 2.45) is 5.73 Å². The molecule has 1 atom stereocenters. The van der Waals surface area contributed by atoms with Gasteiger partial charge in [-0.15, -0.1) is 0 Å². The van der Waals surface area contributed by atoms with E-state index in [2.05, 4.69) is 0 Å². The summed E-state index contributed by atoms with van der Waals surface area (Å²) in [4.78, 5) is 0. The Morgan fingerprint density at radius 1 is 1.27 bits per heavy atom. The van der Waals surface area contributed by atoms with Crippen LogP contribution < -0.4 is 5.73 Å². The van der Waals surface area contributed by atoms with Gasteiger partial charge in [0.05, 0.1) is 13.2 Å². The first kappa shape index (κ1) is 14.7. The van der Waals surface area contributed by atoms with Crippen LogP contribution in [0.1, 0.15) is 26.7 Å². The lowest BCUT2D eigenvalue weighted by Gasteiger charge is -2.27. The topological polar surface area (TPSA) is 55.5 Å². The summed E-state index contributed by atoms with van der Waals surface area (Å²) < 4.78 is 40.4. The van der Waals surface area contributed by atoms with E-state index >= 15 is 0 Å². The Hall–Kier alpha value is -0.330. The lowest BCUT2D eigenvalue weighted by molar-refractivity contribution is -0.218. The molecule has 6 heteroatoms. The van der Waals surface area contributed by atoms with Crippen LogP contribution >= 0.6 is 0 Å². The van der Waals surface area contributed by atoms with Crippen LogP contribution in [0.15, 0.2) is 0 Å². The average Bonchev–Trinajstić information content (AvgIpc) is 2.16. The minimum Gasteiger partial charge on any atom is -0.382 e. The fraction of sp³-hybridized carbons (Fsp3) is 1.00. The summed E-state index contributed by atoms with van der Waals surface area (Å²) in [5.74, 6) is 0. The molecule has 15 heavy (non-hydrogen) atoms. The van der Waals surface area contributed by atoms with Crippen molar-refractivity contribution in [3.8, 4) is 0 Å². The average molecular weight is 229 g/mol. The molecule has 0 amide bonds. The highest BCUT2D eigenvalue weighted by Gasteiger charge is 2.38. The maximum Gasteiger partial charge on any atom is 0.416 e. The first-order valence-electron chi connectivity index (χ1n) is 4.86. The van der Waals surface area contributed by atoms with E-state index in [0.717, 1.165) is 0 Å². The first-order chi connectivity index (χ1) is 6.75. The Morgan fingerprint density at radius 2 is 1.73 bits per heavy atom. The fourth-order valence-corrected chi connectivity index (χ4v) is 0.922. The molecule has 92 valence electrons. The van der Waals surface area contributed by atoms with E-state index in [1.807, 2.05) is 13.8 Å². The summed E-state index contributed by atoms with van der Waals surface area (Å²) in [7, 11) is 0. The van der Waals surface area contributed by atoms with Crippen LogP contribution in [0.2, 0.25) is 0 Å². The molecule has 0 rings (SSSR count). The molecule has 0 bridgehead atoms. The van der Waals surface area contributed by atoms with Gasteiger partial charge in [-0.2, -0.15) is 13.2 Å². The van der Waals surface area contributed by atoms with Crippen molar-refractivity contribution in [2.75, 3.05) is 13.2 Å². The predicted octanol–water partition coefficient (Wildman–Crippen LogP) is 1.44. The summed E-state index contributed by atoms with van der Waals surface area (Å²) in [6.07, 6.45) is -5.83. The van der Waals surface area contributed by atoms with Crippen LogP contribution in [-0.4, -0.2) is 36.1 Å². The number of hydrogen-bond donors (Lipinski definition) is 2. The SMILES string of the molecule is CCC(N)(CC)COCC(O)C(F)(F)F. The number of alkyl halides is 3. The number of ether oxygens (including phenoxy) is 1. The summed E-state index contributed by atoms with van der Waals surface area (Å²) >= 11 is 0. The van der Waals surface area contributed by atoms with Gasteiger partial charge in [0.1, 0.15) is 0 Å². The van der Waals surface area contributed by atoms with E-state index in [-0.39, 0.29) is 6.61 Å². The van der Waals surface area contributed by atoms with Gasteiger partial charge in [0.25, 0.3) is 0 Å². The first-order valence-corrected chi connectivity index (χ1v) is 4.86. The van der Waals surface area contributed by atoms with Crippen LogP contribution in [0, 0.1) is 0 Å². The number of aliphatic hydroxyl groups is 1. The fourth-order valence-electron chi connectivity index (χ4n) is 0.922. The van der Waals surface area contributed by atoms with Crippen LogP contribution in [0.4, 0.5) is 13.2 Å². The molecular formula is C9H18F3NO2. The second-order valence-corrected chi connectivity index (χ2v) is 3.64. The lowest BCUT2D eigenvalue weighted by Crippen LogP contribution is -2.44. The third-order valence-corrected chi connectivity index (χ3v) is 2.45. The van der Waals surface area contributed by atoms with Gasteiger partial charge in [0.15, 0.2) is 6.10 Å². The number of rotatable bonds is 6. The van der Waals surface area contributed by atoms with Gasteiger partial charge in [0, 0.05) is 5.54 Å². The maximum atomic E-state index is 11.9. The second-order valence-electron chi connectivity index (χ2n) is 3.64. The minimum atomic E-state index is -4.63. The number of hydrogen-bond acceptors (Lipinski definition) is 3. The van der Waals surface area contributed by atoms with E-state index in [0.29, 0.717) is 12.8 Å². The molecule has 1 unspecified atom stereocenters. The molecule has 0 aliphatic rings. The van der Waals surface area contributed by atoms with E-state index in [4.69, 9.17) is 15.6 Å². The molecule has 0 aromatic carbocycles. The summed E-state index contributed by atoms with van der Waals surface area (Å²) in [5.41, 5.74) is 5.20. The summed E-state index contributed by atoms with van der Waals surface area (Å²) in [6, 6.07) is 0. The molecule has 0 spiro atoms. The number of aliphatic hydroxyl groups excluding tert-OH is 1. The van der Waals surface area contributed by atoms with Gasteiger partial charge in [0.2, 0.25) is 0 Å². The van der Waals surface area contributed by atoms with E-state index in [1.54, 1.807) is 0 Å². The molecule has 0 radical (unpaired) electrons. The zero-order valence-corrected chi connectivity index (χ0v) is 8.97. The Bertz CT molecular complexity index is 181. The molecule has 0 fully saturated rings. The largest absolute Gasteiger partial charge is 0.416 e. The van der Waals surface area contributed by atoms with E-state index in [9.17, 15) is 13.2 Å². The quantitative estimate of drug-likeness (QED) is 0.724. The molecule has 0 aliphatic carbocycles. The summed E-state index contributed by atoms with van der Waals surface area (Å²) in [6.45, 7) is 2.94. The van der Waals surface area contributed by atoms with Gasteiger partial charge in [-0.1, -0.05) is 13.8 Å². The Morgan fingerprint density at radius 3 is 2.07 bits per heavy atom. The molecule has 0 heterocycles. The highest BCUT2D eigenvalue weighted by atomic mass is 19.4. The Kier molecular flexibility index (Phi) is 5.55. The van der Waals surface area contributed by atoms with Gasteiger partial charge >= 0.3 is 6.18 Å². The third kappa shape index (κ3) is 5.34. The minimum absolute atomic E-state index is 0.0210. The molecule has 0 aliphatic heterocycles. The summed E-state index contributed by atoms with van der Waals surface area (Å²) in [5, 5.41) is 8.64. The standard InChI is InChI=1S/C9H18F3NO2/c1-3-8(13,4-2)6-15-5-7(14)9(10,11)12/h7,14H,3-6,13H2,1-2H3. The van der Waals surface area contributed by atoms with Crippen LogP contribution in [0.3, 0.4) is 0 Å². The van der Waals surface area contributed by atoms with Crippen molar-refractivity contribution in [3.05, 3.63) is 0 Å². The van der Waals surface area contributed by atoms with Gasteiger partial charge in [-0.25, -0.2) is 0 Å². The van der Waals surface area contributed by atoms with Crippen molar-refractivity contribution in [2.45, 2.75) is 44.5 Å². The molecular weight excluding hydrogens is 211 g/mol. The van der Waals surface area contributed by atoms with Crippen LogP contribution in [0.5, 0.6) is 0 Å². The monoisotopic (exact) mass is 229 g/mol. The third-order valence-electron chi connectivity index (χ3n) is 2.45. The Labute approximate surface area is 87.4 Å². The normalized spacial score (nSPS) is 15.4. The molecule has 0 aromatic heterocycles. The van der Waals surface area contributed by atoms with Gasteiger partial charge in [-0.3, -0.25) is 0 Å². The van der Waals surface area contributed by atoms with Crippen molar-refractivity contribution >= 4 is 0 Å². The molecule has 3 nitrogen and oxygen atoms in total. The molecule has 0 saturated carbocycles. The highest BCUT2D eigenvalue weighted by Crippen LogP contribution is 2.20. The van der Waals surface area contributed by atoms with E-state index in [1.165, 1.54) is 0 Å². The molecule has 0 saturated heterocycles. The van der Waals surface area contributed by atoms with Gasteiger partial charge < -0.3 is 15.6 Å². The van der Waals surface area contributed by atoms with Crippen LogP contribution in [0.25, 0.3) is 0 Å². The molecule has 3 N–H and O–H groups in total. The lowest BCUT2D eigenvalue weighted by atomic mass is 9.96. The van der Waals surface area contributed by atoms with Gasteiger partial charge in [-0.05, 0) is 12.8 Å². The Balaban J connectivity index is 3.89. The predicted molar refractivity (Wildman–Crippen MR) is 50.4 cm³/mol. The maximum absolute atomic E-state index is 11.9. The van der Waals surface area contributed by atoms with Crippen molar-refractivity contribution in [1.82, 2.24) is 0 Å².